The van der Waals surface area contributed by atoms with Crippen molar-refractivity contribution in [3.8, 4) is 0 Å². The van der Waals surface area contributed by atoms with Gasteiger partial charge in [-0.1, -0.05) is 36.4 Å². The number of thiazole rings is 1. The van der Waals surface area contributed by atoms with Crippen LogP contribution in [0.25, 0.3) is 0 Å². The van der Waals surface area contributed by atoms with Crippen LogP contribution in [0.4, 0.5) is 10.6 Å². The van der Waals surface area contributed by atoms with Crippen LogP contribution in [0.3, 0.4) is 0 Å². The van der Waals surface area contributed by atoms with E-state index in [-0.39, 0.29) is 12.1 Å². The lowest BCUT2D eigenvalue weighted by Gasteiger charge is -2.17. The van der Waals surface area contributed by atoms with E-state index in [1.807, 2.05) is 54.8 Å². The highest BCUT2D eigenvalue weighted by Gasteiger charge is 2.19. The van der Waals surface area contributed by atoms with Gasteiger partial charge >= 0.3 is 6.03 Å². The number of pyridine rings is 1. The average molecular weight is 324 g/mol. The minimum Gasteiger partial charge on any atom is -0.324 e. The Morgan fingerprint density at radius 2 is 1.96 bits per heavy atom. The zero-order valence-corrected chi connectivity index (χ0v) is 13.4. The fourth-order valence-corrected chi connectivity index (χ4v) is 2.92. The van der Waals surface area contributed by atoms with Crippen LogP contribution in [0.1, 0.15) is 22.3 Å². The van der Waals surface area contributed by atoms with Gasteiger partial charge in [-0.3, -0.25) is 5.32 Å². The van der Waals surface area contributed by atoms with Crippen molar-refractivity contribution in [2.75, 3.05) is 5.32 Å². The van der Waals surface area contributed by atoms with E-state index >= 15 is 0 Å². The predicted molar refractivity (Wildman–Crippen MR) is 91.5 cm³/mol. The van der Waals surface area contributed by atoms with E-state index in [0.717, 1.165) is 16.3 Å². The highest BCUT2D eigenvalue weighted by Crippen LogP contribution is 2.23. The number of amides is 2. The Bertz CT molecular complexity index is 774. The molecule has 0 saturated heterocycles. The predicted octanol–water partition coefficient (Wildman–Crippen LogP) is 3.76. The maximum absolute atomic E-state index is 12.3. The molecule has 6 heteroatoms. The number of anilines is 1. The number of hydrogen-bond donors (Lipinski definition) is 2. The van der Waals surface area contributed by atoms with E-state index in [1.54, 1.807) is 12.3 Å². The number of urea groups is 1. The van der Waals surface area contributed by atoms with Crippen LogP contribution in [0, 0.1) is 6.92 Å². The minimum atomic E-state index is -0.313. The summed E-state index contributed by atoms with van der Waals surface area (Å²) in [5.41, 5.74) is 1.83. The molecule has 3 rings (SSSR count). The van der Waals surface area contributed by atoms with E-state index in [0.29, 0.717) is 5.82 Å². The van der Waals surface area contributed by atoms with Gasteiger partial charge in [0.15, 0.2) is 0 Å². The summed E-state index contributed by atoms with van der Waals surface area (Å²) in [5, 5.41) is 8.45. The molecule has 5 nitrogen and oxygen atoms in total. The van der Waals surface area contributed by atoms with Crippen LogP contribution >= 0.6 is 11.3 Å². The second-order valence-electron chi connectivity index (χ2n) is 4.98. The van der Waals surface area contributed by atoms with Gasteiger partial charge in [0.05, 0.1) is 0 Å². The number of aromatic nitrogens is 2. The Labute approximate surface area is 138 Å². The topological polar surface area (TPSA) is 66.9 Å². The first kappa shape index (κ1) is 15.2. The number of aryl methyl sites for hydroxylation is 1. The summed E-state index contributed by atoms with van der Waals surface area (Å²) in [7, 11) is 0. The third-order valence-corrected chi connectivity index (χ3v) is 4.08. The Balaban J connectivity index is 1.77. The zero-order valence-electron chi connectivity index (χ0n) is 12.6. The molecule has 116 valence electrons. The van der Waals surface area contributed by atoms with Gasteiger partial charge in [-0.25, -0.2) is 14.8 Å². The summed E-state index contributed by atoms with van der Waals surface area (Å²) in [4.78, 5) is 20.9. The molecule has 2 N–H and O–H groups in total. The lowest BCUT2D eigenvalue weighted by Crippen LogP contribution is -2.33. The molecule has 2 aromatic heterocycles. The lowest BCUT2D eigenvalue weighted by atomic mass is 10.1. The van der Waals surface area contributed by atoms with Gasteiger partial charge in [0.1, 0.15) is 16.9 Å². The highest BCUT2D eigenvalue weighted by atomic mass is 32.1. The van der Waals surface area contributed by atoms with Gasteiger partial charge in [0, 0.05) is 17.3 Å². The van der Waals surface area contributed by atoms with Crippen LogP contribution in [-0.4, -0.2) is 16.0 Å². The summed E-state index contributed by atoms with van der Waals surface area (Å²) >= 11 is 1.51. The van der Waals surface area contributed by atoms with Crippen molar-refractivity contribution in [3.05, 3.63) is 76.4 Å². The van der Waals surface area contributed by atoms with E-state index in [9.17, 15) is 4.79 Å². The van der Waals surface area contributed by atoms with Crippen molar-refractivity contribution in [2.45, 2.75) is 13.0 Å². The maximum atomic E-state index is 12.3. The fraction of sp³-hybridized carbons (Fsp3) is 0.118. The largest absolute Gasteiger partial charge is 0.324 e. The third-order valence-electron chi connectivity index (χ3n) is 3.24. The molecule has 1 unspecified atom stereocenters. The molecule has 0 aliphatic rings. The van der Waals surface area contributed by atoms with Crippen LogP contribution in [-0.2, 0) is 0 Å². The minimum absolute atomic E-state index is 0.291. The Morgan fingerprint density at radius 3 is 2.65 bits per heavy atom. The molecule has 2 amide bonds. The summed E-state index contributed by atoms with van der Waals surface area (Å²) < 4.78 is 0. The van der Waals surface area contributed by atoms with Gasteiger partial charge in [-0.05, 0) is 24.6 Å². The second kappa shape index (κ2) is 7.02. The van der Waals surface area contributed by atoms with Crippen LogP contribution in [0.2, 0.25) is 0 Å². The molecule has 0 radical (unpaired) electrons. The van der Waals surface area contributed by atoms with E-state index < -0.39 is 0 Å². The van der Waals surface area contributed by atoms with Crippen LogP contribution in [0.15, 0.2) is 60.1 Å². The molecule has 0 fully saturated rings. The Hall–Kier alpha value is -2.73. The zero-order chi connectivity index (χ0) is 16.1. The van der Waals surface area contributed by atoms with Crippen LogP contribution < -0.4 is 10.6 Å². The molecule has 2 heterocycles. The second-order valence-corrected chi connectivity index (χ2v) is 5.90. The lowest BCUT2D eigenvalue weighted by molar-refractivity contribution is 0.250. The number of nitrogens with one attached hydrogen (secondary N) is 2. The summed E-state index contributed by atoms with van der Waals surface area (Å²) in [5.74, 6) is 0.522. The number of rotatable bonds is 4. The standard InChI is InChI=1S/C17H16N4OS/c1-12-6-5-9-14(19-12)20-17(22)21-15(16-18-10-11-23-16)13-7-3-2-4-8-13/h2-11,15H,1H3,(H2,19,20,21,22). The molecule has 1 atom stereocenters. The van der Waals surface area contributed by atoms with Gasteiger partial charge in [-0.2, -0.15) is 0 Å². The van der Waals surface area contributed by atoms with Crippen molar-refractivity contribution >= 4 is 23.2 Å². The number of benzene rings is 1. The van der Waals surface area contributed by atoms with Crippen molar-refractivity contribution in [1.82, 2.24) is 15.3 Å². The molecule has 0 saturated carbocycles. The molecule has 0 aliphatic heterocycles. The van der Waals surface area contributed by atoms with Gasteiger partial charge in [-0.15, -0.1) is 11.3 Å². The average Bonchev–Trinajstić information content (AvgIpc) is 3.07. The number of nitrogens with zero attached hydrogens (tertiary/aromatic N) is 2. The number of hydrogen-bond acceptors (Lipinski definition) is 4. The first-order valence-electron chi connectivity index (χ1n) is 7.18. The molecular weight excluding hydrogens is 308 g/mol. The molecule has 0 bridgehead atoms. The summed E-state index contributed by atoms with van der Waals surface area (Å²) in [6.45, 7) is 1.88. The first-order chi connectivity index (χ1) is 11.2. The third kappa shape index (κ3) is 3.92. The van der Waals surface area contributed by atoms with Gasteiger partial charge in [0.25, 0.3) is 0 Å². The summed E-state index contributed by atoms with van der Waals surface area (Å²) in [6, 6.07) is 14.7. The van der Waals surface area contributed by atoms with Crippen LogP contribution in [0.5, 0.6) is 0 Å². The monoisotopic (exact) mass is 324 g/mol. The van der Waals surface area contributed by atoms with E-state index in [2.05, 4.69) is 20.6 Å². The smallest absolute Gasteiger partial charge is 0.321 e. The fourth-order valence-electron chi connectivity index (χ4n) is 2.21. The number of carbonyl (C=O) groups excluding carboxylic acids is 1. The molecule has 0 spiro atoms. The number of carbonyl (C=O) groups is 1. The maximum Gasteiger partial charge on any atom is 0.321 e. The molecule has 3 aromatic rings. The molecule has 0 aliphatic carbocycles. The van der Waals surface area contributed by atoms with Crippen molar-refractivity contribution in [3.63, 3.8) is 0 Å². The molecule has 23 heavy (non-hydrogen) atoms. The molecule has 1 aromatic carbocycles. The SMILES string of the molecule is Cc1cccc(NC(=O)NC(c2ccccc2)c2nccs2)n1. The van der Waals surface area contributed by atoms with Crippen molar-refractivity contribution < 1.29 is 4.79 Å². The van der Waals surface area contributed by atoms with E-state index in [4.69, 9.17) is 0 Å². The quantitative estimate of drug-likeness (QED) is 0.768. The van der Waals surface area contributed by atoms with E-state index in [1.165, 1.54) is 11.3 Å². The normalized spacial score (nSPS) is 11.7. The Kier molecular flexibility index (Phi) is 4.63. The van der Waals surface area contributed by atoms with Crippen molar-refractivity contribution in [2.24, 2.45) is 0 Å². The highest BCUT2D eigenvalue weighted by molar-refractivity contribution is 7.09. The summed E-state index contributed by atoms with van der Waals surface area (Å²) in [6.07, 6.45) is 1.73. The van der Waals surface area contributed by atoms with Gasteiger partial charge in [0.2, 0.25) is 0 Å². The van der Waals surface area contributed by atoms with Gasteiger partial charge < -0.3 is 5.32 Å². The Morgan fingerprint density at radius 1 is 1.13 bits per heavy atom. The van der Waals surface area contributed by atoms with Crippen molar-refractivity contribution in [1.29, 1.82) is 0 Å². The molecular formula is C17H16N4OS. The first-order valence-corrected chi connectivity index (χ1v) is 8.06.